The number of furan rings is 1. The van der Waals surface area contributed by atoms with Gasteiger partial charge >= 0.3 is 0 Å². The topological polar surface area (TPSA) is 21.3 Å². The predicted molar refractivity (Wildman–Crippen MR) is 196 cm³/mol. The fraction of sp³-hybridized carbons (Fsp3) is 0. The minimum atomic E-state index is 0.901. The summed E-state index contributed by atoms with van der Waals surface area (Å²) in [5.41, 5.74) is 8.66. The maximum absolute atomic E-state index is 6.18. The standard InChI is InChI=1S/C42H26N2OS/c1-2-11-27(12-3-1)43(28-22-24-41-34(26-28)31-14-6-9-20-40(31)46-41)36-17-10-18-37-42(36)32-15-4-7-16-35(32)44(37)29-21-23-39-33(25-29)30-13-5-8-19-38(30)45-39/h1-26H. The van der Waals surface area contributed by atoms with Crippen LogP contribution in [0.15, 0.2) is 162 Å². The molecule has 0 bridgehead atoms. The third-order valence-corrected chi connectivity index (χ3v) is 10.3. The molecule has 0 saturated carbocycles. The van der Waals surface area contributed by atoms with Crippen LogP contribution in [0.1, 0.15) is 0 Å². The van der Waals surface area contributed by atoms with Gasteiger partial charge in [-0.3, -0.25) is 0 Å². The summed E-state index contributed by atoms with van der Waals surface area (Å²) in [4.78, 5) is 2.41. The van der Waals surface area contributed by atoms with Crippen molar-refractivity contribution in [2.75, 3.05) is 4.90 Å². The number of anilines is 3. The Morgan fingerprint density at radius 3 is 2.09 bits per heavy atom. The molecule has 216 valence electrons. The van der Waals surface area contributed by atoms with Crippen LogP contribution < -0.4 is 4.90 Å². The van der Waals surface area contributed by atoms with E-state index >= 15 is 0 Å². The molecular formula is C42H26N2OS. The van der Waals surface area contributed by atoms with Crippen molar-refractivity contribution in [2.24, 2.45) is 0 Å². The Morgan fingerprint density at radius 2 is 1.17 bits per heavy atom. The predicted octanol–water partition coefficient (Wildman–Crippen LogP) is 12.5. The number of hydrogen-bond donors (Lipinski definition) is 0. The van der Waals surface area contributed by atoms with Crippen molar-refractivity contribution in [3.05, 3.63) is 158 Å². The van der Waals surface area contributed by atoms with Gasteiger partial charge in [0, 0.05) is 58.8 Å². The normalized spacial score (nSPS) is 11.9. The first-order valence-corrected chi connectivity index (χ1v) is 16.3. The lowest BCUT2D eigenvalue weighted by Gasteiger charge is -2.26. The minimum Gasteiger partial charge on any atom is -0.456 e. The lowest BCUT2D eigenvalue weighted by molar-refractivity contribution is 0.669. The van der Waals surface area contributed by atoms with E-state index in [9.17, 15) is 0 Å². The Balaban J connectivity index is 1.26. The Labute approximate surface area is 268 Å². The number of para-hydroxylation sites is 3. The van der Waals surface area contributed by atoms with Crippen LogP contribution in [0, 0.1) is 0 Å². The average Bonchev–Trinajstić information content (AvgIpc) is 3.78. The molecule has 4 heteroatoms. The van der Waals surface area contributed by atoms with E-state index in [0.717, 1.165) is 50.2 Å². The molecule has 10 rings (SSSR count). The van der Waals surface area contributed by atoms with E-state index < -0.39 is 0 Å². The van der Waals surface area contributed by atoms with Crippen molar-refractivity contribution in [2.45, 2.75) is 0 Å². The first-order chi connectivity index (χ1) is 22.8. The van der Waals surface area contributed by atoms with E-state index in [1.54, 1.807) is 0 Å². The summed E-state index contributed by atoms with van der Waals surface area (Å²) < 4.78 is 11.2. The number of nitrogens with zero attached hydrogens (tertiary/aromatic N) is 2. The van der Waals surface area contributed by atoms with E-state index in [4.69, 9.17) is 4.42 Å². The van der Waals surface area contributed by atoms with Crippen LogP contribution in [-0.4, -0.2) is 4.57 Å². The fourth-order valence-corrected chi connectivity index (χ4v) is 8.26. The molecule has 10 aromatic rings. The van der Waals surface area contributed by atoms with Crippen LogP contribution in [0.3, 0.4) is 0 Å². The number of fused-ring (bicyclic) bond motifs is 9. The Kier molecular flexibility index (Phi) is 5.45. The van der Waals surface area contributed by atoms with Crippen LogP contribution >= 0.6 is 11.3 Å². The summed E-state index contributed by atoms with van der Waals surface area (Å²) in [5, 5.41) is 7.27. The minimum absolute atomic E-state index is 0.901. The van der Waals surface area contributed by atoms with Crippen molar-refractivity contribution in [1.29, 1.82) is 0 Å². The summed E-state index contributed by atoms with van der Waals surface area (Å²) in [7, 11) is 0. The smallest absolute Gasteiger partial charge is 0.135 e. The van der Waals surface area contributed by atoms with Gasteiger partial charge in [-0.05, 0) is 78.9 Å². The second kappa shape index (κ2) is 9.83. The zero-order chi connectivity index (χ0) is 30.2. The van der Waals surface area contributed by atoms with Crippen molar-refractivity contribution in [3.63, 3.8) is 0 Å². The molecule has 3 nitrogen and oxygen atoms in total. The van der Waals surface area contributed by atoms with Gasteiger partial charge in [0.05, 0.1) is 16.7 Å². The lowest BCUT2D eigenvalue weighted by atomic mass is 10.1. The first-order valence-electron chi connectivity index (χ1n) is 15.5. The van der Waals surface area contributed by atoms with E-state index in [0.29, 0.717) is 0 Å². The molecule has 0 atom stereocenters. The highest BCUT2D eigenvalue weighted by Crippen LogP contribution is 2.45. The van der Waals surface area contributed by atoms with Crippen LogP contribution in [0.25, 0.3) is 69.6 Å². The first kappa shape index (κ1) is 25.5. The second-order valence-corrected chi connectivity index (χ2v) is 12.8. The molecule has 3 aromatic heterocycles. The molecule has 0 aliphatic rings. The number of rotatable bonds is 4. The molecule has 0 fully saturated rings. The van der Waals surface area contributed by atoms with Crippen molar-refractivity contribution in [3.8, 4) is 5.69 Å². The van der Waals surface area contributed by atoms with Gasteiger partial charge in [-0.15, -0.1) is 11.3 Å². The van der Waals surface area contributed by atoms with Gasteiger partial charge in [0.25, 0.3) is 0 Å². The fourth-order valence-electron chi connectivity index (χ4n) is 7.18. The third-order valence-electron chi connectivity index (χ3n) is 9.17. The number of thiophene rings is 1. The van der Waals surface area contributed by atoms with Crippen LogP contribution in [0.5, 0.6) is 0 Å². The maximum Gasteiger partial charge on any atom is 0.135 e. The summed E-state index contributed by atoms with van der Waals surface area (Å²) in [6, 6.07) is 56.6. The second-order valence-electron chi connectivity index (χ2n) is 11.8. The zero-order valence-electron chi connectivity index (χ0n) is 24.7. The van der Waals surface area contributed by atoms with E-state index in [1.165, 1.54) is 36.5 Å². The number of benzene rings is 7. The van der Waals surface area contributed by atoms with E-state index in [-0.39, 0.29) is 0 Å². The monoisotopic (exact) mass is 606 g/mol. The van der Waals surface area contributed by atoms with E-state index in [1.807, 2.05) is 23.5 Å². The van der Waals surface area contributed by atoms with Crippen LogP contribution in [0.4, 0.5) is 17.1 Å². The molecule has 0 aliphatic carbocycles. The van der Waals surface area contributed by atoms with Crippen molar-refractivity contribution in [1.82, 2.24) is 4.57 Å². The quantitative estimate of drug-likeness (QED) is 0.199. The molecule has 46 heavy (non-hydrogen) atoms. The Hall–Kier alpha value is -5.84. The highest BCUT2D eigenvalue weighted by atomic mass is 32.1. The molecule has 7 aromatic carbocycles. The molecule has 0 N–H and O–H groups in total. The number of aromatic nitrogens is 1. The number of hydrogen-bond acceptors (Lipinski definition) is 3. The van der Waals surface area contributed by atoms with Crippen LogP contribution in [-0.2, 0) is 0 Å². The maximum atomic E-state index is 6.18. The molecule has 0 aliphatic heterocycles. The molecule has 0 spiro atoms. The van der Waals surface area contributed by atoms with Crippen molar-refractivity contribution < 1.29 is 4.42 Å². The summed E-state index contributed by atoms with van der Waals surface area (Å²) in [6.45, 7) is 0. The summed E-state index contributed by atoms with van der Waals surface area (Å²) >= 11 is 1.85. The van der Waals surface area contributed by atoms with Gasteiger partial charge in [-0.2, -0.15) is 0 Å². The molecule has 0 saturated heterocycles. The molecular weight excluding hydrogens is 581 g/mol. The Bertz CT molecular complexity index is 2770. The molecule has 0 unspecified atom stereocenters. The van der Waals surface area contributed by atoms with Gasteiger partial charge in [-0.25, -0.2) is 0 Å². The Morgan fingerprint density at radius 1 is 0.457 bits per heavy atom. The van der Waals surface area contributed by atoms with Crippen LogP contribution in [0.2, 0.25) is 0 Å². The van der Waals surface area contributed by atoms with E-state index in [2.05, 4.69) is 155 Å². The van der Waals surface area contributed by atoms with Gasteiger partial charge in [0.15, 0.2) is 0 Å². The third kappa shape index (κ3) is 3.71. The van der Waals surface area contributed by atoms with Gasteiger partial charge in [-0.1, -0.05) is 78.9 Å². The SMILES string of the molecule is c1ccc(N(c2ccc3sc4ccccc4c3c2)c2cccc3c2c2ccccc2n3-c2ccc3oc4ccccc4c3c2)cc1. The summed E-state index contributed by atoms with van der Waals surface area (Å²) in [5.74, 6) is 0. The highest BCUT2D eigenvalue weighted by molar-refractivity contribution is 7.25. The van der Waals surface area contributed by atoms with Crippen molar-refractivity contribution >= 4 is 92.3 Å². The lowest BCUT2D eigenvalue weighted by Crippen LogP contribution is -2.10. The summed E-state index contributed by atoms with van der Waals surface area (Å²) in [6.07, 6.45) is 0. The van der Waals surface area contributed by atoms with Gasteiger partial charge in [0.1, 0.15) is 11.2 Å². The molecule has 3 heterocycles. The van der Waals surface area contributed by atoms with Gasteiger partial charge in [0.2, 0.25) is 0 Å². The molecule has 0 amide bonds. The molecule has 0 radical (unpaired) electrons. The zero-order valence-corrected chi connectivity index (χ0v) is 25.5. The highest BCUT2D eigenvalue weighted by Gasteiger charge is 2.22. The average molecular weight is 607 g/mol. The largest absolute Gasteiger partial charge is 0.456 e. The van der Waals surface area contributed by atoms with Gasteiger partial charge < -0.3 is 13.9 Å².